The highest BCUT2D eigenvalue weighted by molar-refractivity contribution is 5.22. The van der Waals surface area contributed by atoms with Gasteiger partial charge in [-0.2, -0.15) is 0 Å². The lowest BCUT2D eigenvalue weighted by atomic mass is 9.75. The van der Waals surface area contributed by atoms with Gasteiger partial charge >= 0.3 is 0 Å². The van der Waals surface area contributed by atoms with Gasteiger partial charge in [-0.25, -0.2) is 4.98 Å². The van der Waals surface area contributed by atoms with Crippen LogP contribution in [-0.4, -0.2) is 21.6 Å². The highest BCUT2D eigenvalue weighted by Crippen LogP contribution is 2.36. The highest BCUT2D eigenvalue weighted by Gasteiger charge is 2.30. The van der Waals surface area contributed by atoms with Gasteiger partial charge in [0.1, 0.15) is 0 Å². The smallest absolute Gasteiger partial charge is 0.0946 e. The molecule has 1 saturated carbocycles. The summed E-state index contributed by atoms with van der Waals surface area (Å²) in [6.07, 6.45) is 8.26. The Morgan fingerprint density at radius 3 is 2.79 bits per heavy atom. The fourth-order valence-electron chi connectivity index (χ4n) is 2.92. The van der Waals surface area contributed by atoms with Gasteiger partial charge in [0.15, 0.2) is 0 Å². The van der Waals surface area contributed by atoms with E-state index in [4.69, 9.17) is 0 Å². The first-order valence-corrected chi connectivity index (χ1v) is 7.08. The van der Waals surface area contributed by atoms with Crippen LogP contribution in [0.15, 0.2) is 49.1 Å². The van der Waals surface area contributed by atoms with Gasteiger partial charge in [0.05, 0.1) is 6.33 Å². The van der Waals surface area contributed by atoms with Crippen molar-refractivity contribution in [2.45, 2.75) is 44.3 Å². The fourth-order valence-corrected chi connectivity index (χ4v) is 2.92. The van der Waals surface area contributed by atoms with Crippen LogP contribution in [0, 0.1) is 0 Å². The van der Waals surface area contributed by atoms with Crippen molar-refractivity contribution in [3.63, 3.8) is 0 Å². The highest BCUT2D eigenvalue weighted by atomic mass is 15.1. The monoisotopic (exact) mass is 255 g/mol. The zero-order valence-corrected chi connectivity index (χ0v) is 11.4. The molecule has 0 spiro atoms. The Bertz CT molecular complexity index is 486. The molecule has 19 heavy (non-hydrogen) atoms. The van der Waals surface area contributed by atoms with Crippen molar-refractivity contribution in [1.82, 2.24) is 14.9 Å². The second-order valence-electron chi connectivity index (χ2n) is 5.60. The molecule has 1 aliphatic rings. The average Bonchev–Trinajstić information content (AvgIpc) is 2.87. The van der Waals surface area contributed by atoms with E-state index >= 15 is 0 Å². The minimum Gasteiger partial charge on any atom is -0.336 e. The van der Waals surface area contributed by atoms with Crippen LogP contribution >= 0.6 is 0 Å². The number of hydrogen-bond donors (Lipinski definition) is 1. The van der Waals surface area contributed by atoms with Crippen LogP contribution in [0.5, 0.6) is 0 Å². The Hall–Kier alpha value is -1.61. The summed E-state index contributed by atoms with van der Waals surface area (Å²) in [7, 11) is 0. The van der Waals surface area contributed by atoms with Gasteiger partial charge in [0.2, 0.25) is 0 Å². The van der Waals surface area contributed by atoms with Gasteiger partial charge in [-0.15, -0.1) is 0 Å². The third-order valence-corrected chi connectivity index (χ3v) is 3.97. The number of rotatable bonds is 5. The molecule has 0 amide bonds. The lowest BCUT2D eigenvalue weighted by Crippen LogP contribution is -2.45. The summed E-state index contributed by atoms with van der Waals surface area (Å²) in [6.45, 7) is 3.24. The summed E-state index contributed by atoms with van der Waals surface area (Å²) < 4.78 is 2.13. The number of hydrogen-bond acceptors (Lipinski definition) is 2. The van der Waals surface area contributed by atoms with E-state index in [-0.39, 0.29) is 0 Å². The molecular weight excluding hydrogens is 234 g/mol. The molecule has 3 rings (SSSR count). The average molecular weight is 255 g/mol. The molecule has 1 atom stereocenters. The molecule has 2 aromatic rings. The van der Waals surface area contributed by atoms with Crippen molar-refractivity contribution in [2.75, 3.05) is 0 Å². The van der Waals surface area contributed by atoms with E-state index in [1.807, 2.05) is 18.7 Å². The van der Waals surface area contributed by atoms with Crippen molar-refractivity contribution >= 4 is 0 Å². The molecule has 0 bridgehead atoms. The van der Waals surface area contributed by atoms with Gasteiger partial charge in [0, 0.05) is 31.0 Å². The molecule has 3 nitrogen and oxygen atoms in total. The first kappa shape index (κ1) is 12.4. The van der Waals surface area contributed by atoms with Crippen LogP contribution in [0.2, 0.25) is 0 Å². The van der Waals surface area contributed by atoms with Gasteiger partial charge < -0.3 is 9.88 Å². The standard InChI is InChI=1S/C16H21N3/c1-13(11-19-8-7-17-12-19)18-16-9-15(10-16)14-5-3-2-4-6-14/h2-8,12-13,15-16,18H,9-11H2,1H3. The largest absolute Gasteiger partial charge is 0.336 e. The molecule has 1 aromatic carbocycles. The van der Waals surface area contributed by atoms with Gasteiger partial charge in [-0.05, 0) is 31.2 Å². The van der Waals surface area contributed by atoms with E-state index in [0.29, 0.717) is 12.1 Å². The van der Waals surface area contributed by atoms with Crippen LogP contribution in [0.1, 0.15) is 31.2 Å². The molecule has 0 saturated heterocycles. The summed E-state index contributed by atoms with van der Waals surface area (Å²) >= 11 is 0. The fraction of sp³-hybridized carbons (Fsp3) is 0.438. The Morgan fingerprint density at radius 2 is 2.11 bits per heavy atom. The van der Waals surface area contributed by atoms with E-state index in [2.05, 4.69) is 52.1 Å². The molecule has 0 radical (unpaired) electrons. The first-order chi connectivity index (χ1) is 9.31. The lowest BCUT2D eigenvalue weighted by Gasteiger charge is -2.38. The topological polar surface area (TPSA) is 29.9 Å². The summed E-state index contributed by atoms with van der Waals surface area (Å²) in [4.78, 5) is 4.08. The van der Waals surface area contributed by atoms with E-state index < -0.39 is 0 Å². The normalized spacial score (nSPS) is 23.8. The number of benzene rings is 1. The molecule has 100 valence electrons. The predicted molar refractivity (Wildman–Crippen MR) is 77.0 cm³/mol. The molecule has 1 fully saturated rings. The third kappa shape index (κ3) is 3.04. The first-order valence-electron chi connectivity index (χ1n) is 7.08. The summed E-state index contributed by atoms with van der Waals surface area (Å²) in [5.41, 5.74) is 1.49. The molecule has 1 aliphatic carbocycles. The minimum atomic E-state index is 0.496. The Morgan fingerprint density at radius 1 is 1.32 bits per heavy atom. The molecule has 1 aromatic heterocycles. The quantitative estimate of drug-likeness (QED) is 0.890. The van der Waals surface area contributed by atoms with Crippen molar-refractivity contribution in [2.24, 2.45) is 0 Å². The maximum atomic E-state index is 4.08. The lowest BCUT2D eigenvalue weighted by molar-refractivity contribution is 0.260. The molecule has 1 heterocycles. The Balaban J connectivity index is 1.44. The van der Waals surface area contributed by atoms with Gasteiger partial charge in [-0.3, -0.25) is 0 Å². The van der Waals surface area contributed by atoms with Crippen molar-refractivity contribution in [1.29, 1.82) is 0 Å². The molecule has 3 heteroatoms. The SMILES string of the molecule is CC(Cn1ccnc1)NC1CC(c2ccccc2)C1. The van der Waals surface area contributed by atoms with E-state index in [0.717, 1.165) is 12.5 Å². The van der Waals surface area contributed by atoms with Crippen LogP contribution in [0.3, 0.4) is 0 Å². The van der Waals surface area contributed by atoms with E-state index in [9.17, 15) is 0 Å². The van der Waals surface area contributed by atoms with Crippen LogP contribution in [0.4, 0.5) is 0 Å². The summed E-state index contributed by atoms with van der Waals surface area (Å²) in [6, 6.07) is 12.0. The summed E-state index contributed by atoms with van der Waals surface area (Å²) in [5, 5.41) is 3.71. The number of nitrogens with one attached hydrogen (secondary N) is 1. The maximum absolute atomic E-state index is 4.08. The predicted octanol–water partition coefficient (Wildman–Crippen LogP) is 2.81. The Labute approximate surface area is 114 Å². The molecule has 1 unspecified atom stereocenters. The van der Waals surface area contributed by atoms with Crippen molar-refractivity contribution in [3.8, 4) is 0 Å². The van der Waals surface area contributed by atoms with Gasteiger partial charge in [-0.1, -0.05) is 30.3 Å². The zero-order chi connectivity index (χ0) is 13.1. The third-order valence-electron chi connectivity index (χ3n) is 3.97. The zero-order valence-electron chi connectivity index (χ0n) is 11.4. The summed E-state index contributed by atoms with van der Waals surface area (Å²) in [5.74, 6) is 0.749. The van der Waals surface area contributed by atoms with Crippen LogP contribution in [-0.2, 0) is 6.54 Å². The second kappa shape index (κ2) is 5.57. The second-order valence-corrected chi connectivity index (χ2v) is 5.60. The van der Waals surface area contributed by atoms with E-state index in [1.165, 1.54) is 18.4 Å². The van der Waals surface area contributed by atoms with Crippen LogP contribution < -0.4 is 5.32 Å². The van der Waals surface area contributed by atoms with Crippen LogP contribution in [0.25, 0.3) is 0 Å². The number of nitrogens with zero attached hydrogens (tertiary/aromatic N) is 2. The van der Waals surface area contributed by atoms with E-state index in [1.54, 1.807) is 0 Å². The Kier molecular flexibility index (Phi) is 3.65. The van der Waals surface area contributed by atoms with Crippen molar-refractivity contribution in [3.05, 3.63) is 54.6 Å². The number of aromatic nitrogens is 2. The maximum Gasteiger partial charge on any atom is 0.0946 e. The molecule has 0 aliphatic heterocycles. The van der Waals surface area contributed by atoms with Crippen molar-refractivity contribution < 1.29 is 0 Å². The number of imidazole rings is 1. The molecular formula is C16H21N3. The minimum absolute atomic E-state index is 0.496. The molecule has 1 N–H and O–H groups in total. The van der Waals surface area contributed by atoms with Gasteiger partial charge in [0.25, 0.3) is 0 Å².